The minimum atomic E-state index is -0.516. The number of nitrogens with zero attached hydrogens (tertiary/aromatic N) is 1. The van der Waals surface area contributed by atoms with Crippen LogP contribution in [-0.2, 0) is 4.74 Å². The van der Waals surface area contributed by atoms with Gasteiger partial charge in [0, 0.05) is 13.1 Å². The molecule has 1 heterocycles. The Morgan fingerprint density at radius 1 is 1.54 bits per heavy atom. The number of carbonyl (C=O) groups excluding carboxylic acids is 2. The van der Waals surface area contributed by atoms with Crippen molar-refractivity contribution in [1.29, 1.82) is 0 Å². The van der Waals surface area contributed by atoms with Crippen LogP contribution >= 0.6 is 0 Å². The van der Waals surface area contributed by atoms with E-state index in [-0.39, 0.29) is 5.78 Å². The third-order valence-electron chi connectivity index (χ3n) is 1.57. The normalized spacial score (nSPS) is 9.69. The fourth-order valence-corrected chi connectivity index (χ4v) is 1.02. The van der Waals surface area contributed by atoms with E-state index in [1.54, 1.807) is 19.1 Å². The van der Waals surface area contributed by atoms with Gasteiger partial charge in [0.1, 0.15) is 0 Å². The van der Waals surface area contributed by atoms with Crippen LogP contribution in [0.25, 0.3) is 0 Å². The molecule has 0 saturated heterocycles. The standard InChI is InChI=1S/C9H11NO3/c1-3-13-9(12)10-6-4-5-8(10)7(2)11/h4-6H,3H2,1-2H3. The zero-order valence-electron chi connectivity index (χ0n) is 7.61. The molecule has 0 saturated carbocycles. The predicted molar refractivity (Wildman–Crippen MR) is 46.9 cm³/mol. The first-order valence-electron chi connectivity index (χ1n) is 4.02. The van der Waals surface area contributed by atoms with Gasteiger partial charge in [-0.3, -0.25) is 4.79 Å². The fourth-order valence-electron chi connectivity index (χ4n) is 1.02. The molecule has 0 spiro atoms. The van der Waals surface area contributed by atoms with E-state index in [2.05, 4.69) is 0 Å². The second-order valence-electron chi connectivity index (χ2n) is 2.52. The van der Waals surface area contributed by atoms with Crippen LogP contribution in [0.4, 0.5) is 4.79 Å². The zero-order chi connectivity index (χ0) is 9.84. The monoisotopic (exact) mass is 181 g/mol. The highest BCUT2D eigenvalue weighted by molar-refractivity contribution is 5.95. The quantitative estimate of drug-likeness (QED) is 0.652. The number of aromatic nitrogens is 1. The van der Waals surface area contributed by atoms with Crippen molar-refractivity contribution in [1.82, 2.24) is 4.57 Å². The molecule has 1 rings (SSSR count). The molecule has 0 radical (unpaired) electrons. The van der Waals surface area contributed by atoms with Crippen LogP contribution in [0.15, 0.2) is 18.3 Å². The summed E-state index contributed by atoms with van der Waals surface area (Å²) in [5.74, 6) is -0.155. The number of hydrogen-bond donors (Lipinski definition) is 0. The molecule has 0 amide bonds. The zero-order valence-corrected chi connectivity index (χ0v) is 7.61. The smallest absolute Gasteiger partial charge is 0.418 e. The van der Waals surface area contributed by atoms with Crippen molar-refractivity contribution in [3.8, 4) is 0 Å². The Hall–Kier alpha value is -1.58. The highest BCUT2D eigenvalue weighted by Gasteiger charge is 2.12. The first-order chi connectivity index (χ1) is 6.16. The lowest BCUT2D eigenvalue weighted by Crippen LogP contribution is -2.16. The Morgan fingerprint density at radius 3 is 2.77 bits per heavy atom. The second kappa shape index (κ2) is 3.89. The van der Waals surface area contributed by atoms with E-state index in [4.69, 9.17) is 4.74 Å². The maximum absolute atomic E-state index is 11.2. The van der Waals surface area contributed by atoms with E-state index >= 15 is 0 Å². The summed E-state index contributed by atoms with van der Waals surface area (Å²) < 4.78 is 5.95. The molecule has 0 aromatic carbocycles. The van der Waals surface area contributed by atoms with Gasteiger partial charge in [0.05, 0.1) is 12.3 Å². The Morgan fingerprint density at radius 2 is 2.23 bits per heavy atom. The second-order valence-corrected chi connectivity index (χ2v) is 2.52. The first-order valence-corrected chi connectivity index (χ1v) is 4.02. The van der Waals surface area contributed by atoms with Gasteiger partial charge in [0.2, 0.25) is 0 Å². The van der Waals surface area contributed by atoms with Crippen LogP contribution in [0.2, 0.25) is 0 Å². The third kappa shape index (κ3) is 1.96. The van der Waals surface area contributed by atoms with Gasteiger partial charge < -0.3 is 4.74 Å². The SMILES string of the molecule is CCOC(=O)n1cccc1C(C)=O. The lowest BCUT2D eigenvalue weighted by Gasteiger charge is -2.04. The van der Waals surface area contributed by atoms with Crippen molar-refractivity contribution in [3.05, 3.63) is 24.0 Å². The topological polar surface area (TPSA) is 48.3 Å². The van der Waals surface area contributed by atoms with Gasteiger partial charge in [-0.2, -0.15) is 0 Å². The van der Waals surface area contributed by atoms with E-state index in [9.17, 15) is 9.59 Å². The number of Topliss-reactive ketones (excluding diaryl/α,β-unsaturated/α-hetero) is 1. The van der Waals surface area contributed by atoms with Crippen LogP contribution in [0.5, 0.6) is 0 Å². The van der Waals surface area contributed by atoms with Crippen LogP contribution < -0.4 is 0 Å². The summed E-state index contributed by atoms with van der Waals surface area (Å²) in [6.45, 7) is 3.42. The molecule has 0 aliphatic carbocycles. The van der Waals surface area contributed by atoms with Crippen molar-refractivity contribution >= 4 is 11.9 Å². The van der Waals surface area contributed by atoms with Gasteiger partial charge in [0.15, 0.2) is 5.78 Å². The van der Waals surface area contributed by atoms with Gasteiger partial charge >= 0.3 is 6.09 Å². The van der Waals surface area contributed by atoms with Crippen LogP contribution in [-0.4, -0.2) is 23.1 Å². The molecule has 1 aromatic rings. The molecule has 13 heavy (non-hydrogen) atoms. The van der Waals surface area contributed by atoms with Crippen molar-refractivity contribution in [2.75, 3.05) is 6.61 Å². The minimum Gasteiger partial charge on any atom is -0.449 e. The Kier molecular flexibility index (Phi) is 2.84. The first kappa shape index (κ1) is 9.51. The molecular weight excluding hydrogens is 170 g/mol. The van der Waals surface area contributed by atoms with Crippen LogP contribution in [0.1, 0.15) is 24.3 Å². The fraction of sp³-hybridized carbons (Fsp3) is 0.333. The van der Waals surface area contributed by atoms with Crippen molar-refractivity contribution in [2.24, 2.45) is 0 Å². The largest absolute Gasteiger partial charge is 0.449 e. The van der Waals surface area contributed by atoms with Gasteiger partial charge in [-0.1, -0.05) is 0 Å². The maximum atomic E-state index is 11.2. The number of hydrogen-bond acceptors (Lipinski definition) is 3. The Bertz CT molecular complexity index is 327. The number of rotatable bonds is 2. The summed E-state index contributed by atoms with van der Waals surface area (Å²) in [6.07, 6.45) is 0.993. The summed E-state index contributed by atoms with van der Waals surface area (Å²) >= 11 is 0. The minimum absolute atomic E-state index is 0.155. The van der Waals surface area contributed by atoms with E-state index in [1.165, 1.54) is 17.7 Å². The van der Waals surface area contributed by atoms with Crippen molar-refractivity contribution in [3.63, 3.8) is 0 Å². The average molecular weight is 181 g/mol. The summed E-state index contributed by atoms with van der Waals surface area (Å²) in [7, 11) is 0. The third-order valence-corrected chi connectivity index (χ3v) is 1.57. The average Bonchev–Trinajstić information content (AvgIpc) is 2.52. The maximum Gasteiger partial charge on any atom is 0.418 e. The summed E-state index contributed by atoms with van der Waals surface area (Å²) in [5, 5.41) is 0. The molecule has 0 fully saturated rings. The summed E-state index contributed by atoms with van der Waals surface area (Å²) in [4.78, 5) is 22.2. The van der Waals surface area contributed by atoms with Crippen molar-refractivity contribution < 1.29 is 14.3 Å². The molecule has 70 valence electrons. The lowest BCUT2D eigenvalue weighted by molar-refractivity contribution is 0.0998. The molecule has 0 unspecified atom stereocenters. The molecular formula is C9H11NO3. The molecule has 0 N–H and O–H groups in total. The van der Waals surface area contributed by atoms with Gasteiger partial charge in [-0.05, 0) is 19.1 Å². The summed E-state index contributed by atoms with van der Waals surface area (Å²) in [6, 6.07) is 3.22. The van der Waals surface area contributed by atoms with Gasteiger partial charge in [0.25, 0.3) is 0 Å². The van der Waals surface area contributed by atoms with Crippen molar-refractivity contribution in [2.45, 2.75) is 13.8 Å². The highest BCUT2D eigenvalue weighted by Crippen LogP contribution is 2.03. The molecule has 4 nitrogen and oxygen atoms in total. The predicted octanol–water partition coefficient (Wildman–Crippen LogP) is 1.70. The van der Waals surface area contributed by atoms with E-state index in [0.717, 1.165) is 0 Å². The molecule has 1 aromatic heterocycles. The van der Waals surface area contributed by atoms with E-state index in [1.807, 2.05) is 0 Å². The number of ether oxygens (including phenoxy) is 1. The highest BCUT2D eigenvalue weighted by atomic mass is 16.5. The molecule has 0 aliphatic rings. The Balaban J connectivity index is 2.93. The molecule has 0 bridgehead atoms. The molecule has 0 aliphatic heterocycles. The lowest BCUT2D eigenvalue weighted by atomic mass is 10.3. The molecule has 0 atom stereocenters. The van der Waals surface area contributed by atoms with Crippen LogP contribution in [0, 0.1) is 0 Å². The van der Waals surface area contributed by atoms with Gasteiger partial charge in [-0.25, -0.2) is 9.36 Å². The Labute approximate surface area is 76.1 Å². The van der Waals surface area contributed by atoms with E-state index < -0.39 is 6.09 Å². The molecule has 4 heteroatoms. The summed E-state index contributed by atoms with van der Waals surface area (Å²) in [5.41, 5.74) is 0.346. The van der Waals surface area contributed by atoms with Crippen LogP contribution in [0.3, 0.4) is 0 Å². The van der Waals surface area contributed by atoms with Gasteiger partial charge in [-0.15, -0.1) is 0 Å². The number of carbonyl (C=O) groups is 2. The number of ketones is 1. The van der Waals surface area contributed by atoms with E-state index in [0.29, 0.717) is 12.3 Å².